The van der Waals surface area contributed by atoms with Crippen LogP contribution in [0.5, 0.6) is 0 Å². The summed E-state index contributed by atoms with van der Waals surface area (Å²) in [6, 6.07) is 3.17. The molecule has 5 heteroatoms. The van der Waals surface area contributed by atoms with Gasteiger partial charge < -0.3 is 5.11 Å². The van der Waals surface area contributed by atoms with Gasteiger partial charge in [-0.3, -0.25) is 4.57 Å². The third-order valence-corrected chi connectivity index (χ3v) is 2.97. The van der Waals surface area contributed by atoms with E-state index in [-0.39, 0.29) is 5.56 Å². The number of hydrogen-bond acceptors (Lipinski definition) is 3. The Labute approximate surface area is 105 Å². The van der Waals surface area contributed by atoms with E-state index in [2.05, 4.69) is 9.97 Å². The molecular weight excluding hydrogens is 230 g/mol. The van der Waals surface area contributed by atoms with Crippen molar-refractivity contribution in [2.45, 2.75) is 27.2 Å². The lowest BCUT2D eigenvalue weighted by atomic mass is 10.2. The standard InChI is InChI=1S/C13H15N3O2/c1-4-11-5-10(13(17)18)6-12(15-11)16-7-14-8(2)9(16)3/h5-7H,4H2,1-3H3,(H,17,18). The minimum absolute atomic E-state index is 0.252. The lowest BCUT2D eigenvalue weighted by Gasteiger charge is -2.08. The lowest BCUT2D eigenvalue weighted by molar-refractivity contribution is 0.0696. The van der Waals surface area contributed by atoms with Gasteiger partial charge in [0.05, 0.1) is 11.3 Å². The number of nitrogens with zero attached hydrogens (tertiary/aromatic N) is 3. The molecule has 0 aliphatic carbocycles. The molecule has 0 spiro atoms. The molecule has 2 heterocycles. The van der Waals surface area contributed by atoms with Crippen LogP contribution in [-0.4, -0.2) is 25.6 Å². The Kier molecular flexibility index (Phi) is 3.14. The van der Waals surface area contributed by atoms with E-state index in [9.17, 15) is 4.79 Å². The summed E-state index contributed by atoms with van der Waals surface area (Å²) < 4.78 is 1.81. The number of aryl methyl sites for hydroxylation is 2. The van der Waals surface area contributed by atoms with Gasteiger partial charge in [0.25, 0.3) is 0 Å². The number of aromatic nitrogens is 3. The van der Waals surface area contributed by atoms with Crippen LogP contribution in [0.3, 0.4) is 0 Å². The summed E-state index contributed by atoms with van der Waals surface area (Å²) in [7, 11) is 0. The maximum Gasteiger partial charge on any atom is 0.335 e. The SMILES string of the molecule is CCc1cc(C(=O)O)cc(-n2cnc(C)c2C)n1. The first-order valence-electron chi connectivity index (χ1n) is 5.78. The molecule has 0 fully saturated rings. The quantitative estimate of drug-likeness (QED) is 0.899. The lowest BCUT2D eigenvalue weighted by Crippen LogP contribution is -2.06. The van der Waals surface area contributed by atoms with Gasteiger partial charge in [0.15, 0.2) is 0 Å². The summed E-state index contributed by atoms with van der Waals surface area (Å²) in [6.45, 7) is 5.79. The van der Waals surface area contributed by atoms with Gasteiger partial charge in [0, 0.05) is 11.4 Å². The molecule has 5 nitrogen and oxygen atoms in total. The molecule has 0 saturated heterocycles. The Balaban J connectivity index is 2.60. The second-order valence-electron chi connectivity index (χ2n) is 4.15. The fourth-order valence-corrected chi connectivity index (χ4v) is 1.73. The Hall–Kier alpha value is -2.17. The van der Waals surface area contributed by atoms with E-state index in [1.54, 1.807) is 23.0 Å². The molecule has 0 unspecified atom stereocenters. The highest BCUT2D eigenvalue weighted by molar-refractivity contribution is 5.88. The average Bonchev–Trinajstić information content (AvgIpc) is 2.69. The van der Waals surface area contributed by atoms with Crippen LogP contribution in [0.15, 0.2) is 18.5 Å². The second kappa shape index (κ2) is 4.60. The molecule has 2 aromatic heterocycles. The number of pyridine rings is 1. The number of imidazole rings is 1. The molecule has 0 amide bonds. The van der Waals surface area contributed by atoms with Crippen molar-refractivity contribution in [2.24, 2.45) is 0 Å². The van der Waals surface area contributed by atoms with Crippen LogP contribution in [0.25, 0.3) is 5.82 Å². The van der Waals surface area contributed by atoms with Crippen LogP contribution in [-0.2, 0) is 6.42 Å². The van der Waals surface area contributed by atoms with Crippen molar-refractivity contribution in [2.75, 3.05) is 0 Å². The maximum atomic E-state index is 11.1. The Morgan fingerprint density at radius 2 is 2.11 bits per heavy atom. The fourth-order valence-electron chi connectivity index (χ4n) is 1.73. The zero-order valence-electron chi connectivity index (χ0n) is 10.6. The topological polar surface area (TPSA) is 68.0 Å². The Morgan fingerprint density at radius 3 is 2.61 bits per heavy atom. The smallest absolute Gasteiger partial charge is 0.335 e. The summed E-state index contributed by atoms with van der Waals surface area (Å²) in [5.74, 6) is -0.340. The zero-order chi connectivity index (χ0) is 13.3. The molecule has 0 atom stereocenters. The molecular formula is C13H15N3O2. The normalized spacial score (nSPS) is 10.6. The van der Waals surface area contributed by atoms with Gasteiger partial charge in [0.1, 0.15) is 12.1 Å². The first kappa shape index (κ1) is 12.3. The number of carboxylic acids is 1. The van der Waals surface area contributed by atoms with Gasteiger partial charge in [0.2, 0.25) is 0 Å². The van der Waals surface area contributed by atoms with E-state index in [1.165, 1.54) is 0 Å². The summed E-state index contributed by atoms with van der Waals surface area (Å²) >= 11 is 0. The first-order chi connectivity index (χ1) is 8.52. The van der Waals surface area contributed by atoms with E-state index in [1.807, 2.05) is 20.8 Å². The molecule has 0 radical (unpaired) electrons. The molecule has 0 bridgehead atoms. The number of carboxylic acid groups (broad SMARTS) is 1. The largest absolute Gasteiger partial charge is 0.478 e. The average molecular weight is 245 g/mol. The molecule has 18 heavy (non-hydrogen) atoms. The predicted octanol–water partition coefficient (Wildman–Crippen LogP) is 2.14. The van der Waals surface area contributed by atoms with Crippen LogP contribution in [0.2, 0.25) is 0 Å². The van der Waals surface area contributed by atoms with E-state index in [0.29, 0.717) is 12.2 Å². The van der Waals surface area contributed by atoms with E-state index in [0.717, 1.165) is 17.1 Å². The fraction of sp³-hybridized carbons (Fsp3) is 0.308. The summed E-state index contributed by atoms with van der Waals surface area (Å²) in [5, 5.41) is 9.10. The van der Waals surface area contributed by atoms with Crippen molar-refractivity contribution >= 4 is 5.97 Å². The maximum absolute atomic E-state index is 11.1. The van der Waals surface area contributed by atoms with Gasteiger partial charge in [-0.1, -0.05) is 6.92 Å². The van der Waals surface area contributed by atoms with Crippen molar-refractivity contribution < 1.29 is 9.90 Å². The molecule has 1 N–H and O–H groups in total. The van der Waals surface area contributed by atoms with Crippen LogP contribution in [0.4, 0.5) is 0 Å². The van der Waals surface area contributed by atoms with Crippen molar-refractivity contribution in [3.05, 3.63) is 41.1 Å². The van der Waals surface area contributed by atoms with Crippen LogP contribution in [0.1, 0.15) is 34.4 Å². The minimum atomic E-state index is -0.942. The first-order valence-corrected chi connectivity index (χ1v) is 5.78. The molecule has 0 saturated carbocycles. The van der Waals surface area contributed by atoms with Gasteiger partial charge in [-0.15, -0.1) is 0 Å². The van der Waals surface area contributed by atoms with E-state index in [4.69, 9.17) is 5.11 Å². The highest BCUT2D eigenvalue weighted by atomic mass is 16.4. The van der Waals surface area contributed by atoms with Crippen LogP contribution in [0, 0.1) is 13.8 Å². The number of aromatic carboxylic acids is 1. The minimum Gasteiger partial charge on any atom is -0.478 e. The van der Waals surface area contributed by atoms with Crippen molar-refractivity contribution in [1.82, 2.24) is 14.5 Å². The molecule has 2 aromatic rings. The van der Waals surface area contributed by atoms with E-state index < -0.39 is 5.97 Å². The summed E-state index contributed by atoms with van der Waals surface area (Å²) in [5.41, 5.74) is 2.89. The third kappa shape index (κ3) is 2.11. The Morgan fingerprint density at radius 1 is 1.39 bits per heavy atom. The van der Waals surface area contributed by atoms with Crippen molar-refractivity contribution in [3.63, 3.8) is 0 Å². The number of carbonyl (C=O) groups is 1. The van der Waals surface area contributed by atoms with Gasteiger partial charge in [-0.25, -0.2) is 14.8 Å². The molecule has 0 aromatic carbocycles. The van der Waals surface area contributed by atoms with E-state index >= 15 is 0 Å². The van der Waals surface area contributed by atoms with Crippen molar-refractivity contribution in [3.8, 4) is 5.82 Å². The summed E-state index contributed by atoms with van der Waals surface area (Å²) in [6.07, 6.45) is 2.36. The molecule has 0 aliphatic rings. The van der Waals surface area contributed by atoms with Crippen molar-refractivity contribution in [1.29, 1.82) is 0 Å². The van der Waals surface area contributed by atoms with Crippen LogP contribution < -0.4 is 0 Å². The second-order valence-corrected chi connectivity index (χ2v) is 4.15. The van der Waals surface area contributed by atoms with Gasteiger partial charge in [-0.2, -0.15) is 0 Å². The number of hydrogen-bond donors (Lipinski definition) is 1. The highest BCUT2D eigenvalue weighted by Crippen LogP contribution is 2.15. The predicted molar refractivity (Wildman–Crippen MR) is 67.2 cm³/mol. The Bertz CT molecular complexity index is 602. The molecule has 2 rings (SSSR count). The van der Waals surface area contributed by atoms with Crippen LogP contribution >= 0.6 is 0 Å². The molecule has 0 aliphatic heterocycles. The zero-order valence-corrected chi connectivity index (χ0v) is 10.6. The number of rotatable bonds is 3. The monoisotopic (exact) mass is 245 g/mol. The molecule has 94 valence electrons. The third-order valence-electron chi connectivity index (χ3n) is 2.97. The highest BCUT2D eigenvalue weighted by Gasteiger charge is 2.11. The van der Waals surface area contributed by atoms with Gasteiger partial charge >= 0.3 is 5.97 Å². The van der Waals surface area contributed by atoms with Gasteiger partial charge in [-0.05, 0) is 32.4 Å². The summed E-state index contributed by atoms with van der Waals surface area (Å²) in [4.78, 5) is 19.7.